The van der Waals surface area contributed by atoms with E-state index in [0.29, 0.717) is 18.0 Å². The van der Waals surface area contributed by atoms with Crippen molar-refractivity contribution in [2.45, 2.75) is 37.1 Å². The van der Waals surface area contributed by atoms with Crippen LogP contribution in [-0.4, -0.2) is 26.3 Å². The van der Waals surface area contributed by atoms with E-state index < -0.39 is 15.8 Å². The van der Waals surface area contributed by atoms with Crippen molar-refractivity contribution in [2.75, 3.05) is 13.6 Å². The second-order valence-corrected chi connectivity index (χ2v) is 7.41. The lowest BCUT2D eigenvalue weighted by Crippen LogP contribution is -2.32. The largest absolute Gasteiger partial charge is 0.326 e. The summed E-state index contributed by atoms with van der Waals surface area (Å²) < 4.78 is 39.8. The summed E-state index contributed by atoms with van der Waals surface area (Å²) in [6.07, 6.45) is 4.44. The molecular formula is C14H21FN2O2S. The molecule has 0 radical (unpaired) electrons. The lowest BCUT2D eigenvalue weighted by atomic mass is 10.1. The average Bonchev–Trinajstić information content (AvgIpc) is 2.91. The maximum Gasteiger partial charge on any atom is 0.243 e. The number of hydrogen-bond donors (Lipinski definition) is 1. The molecule has 4 nitrogen and oxygen atoms in total. The van der Waals surface area contributed by atoms with Crippen molar-refractivity contribution >= 4 is 10.0 Å². The van der Waals surface area contributed by atoms with Gasteiger partial charge in [0.15, 0.2) is 0 Å². The van der Waals surface area contributed by atoms with Gasteiger partial charge in [0.2, 0.25) is 10.0 Å². The molecule has 0 aliphatic heterocycles. The predicted octanol–water partition coefficient (Wildman–Crippen LogP) is 2.10. The highest BCUT2D eigenvalue weighted by Gasteiger charge is 2.27. The van der Waals surface area contributed by atoms with E-state index in [0.717, 1.165) is 31.7 Å². The standard InChI is InChI=1S/C14H21FN2O2S/c1-17(10-11-4-2-3-5-11)20(18,19)14-8-13(15)7-6-12(14)9-16/h6-8,11H,2-5,9-10,16H2,1H3. The third-order valence-electron chi connectivity index (χ3n) is 3.93. The first-order valence-electron chi connectivity index (χ1n) is 6.90. The molecule has 0 bridgehead atoms. The quantitative estimate of drug-likeness (QED) is 0.905. The van der Waals surface area contributed by atoms with E-state index in [2.05, 4.69) is 0 Å². The van der Waals surface area contributed by atoms with Crippen LogP contribution in [-0.2, 0) is 16.6 Å². The van der Waals surface area contributed by atoms with Crippen LogP contribution in [0.5, 0.6) is 0 Å². The van der Waals surface area contributed by atoms with Crippen molar-refractivity contribution in [1.29, 1.82) is 0 Å². The lowest BCUT2D eigenvalue weighted by Gasteiger charge is -2.22. The van der Waals surface area contributed by atoms with Crippen LogP contribution in [0, 0.1) is 11.7 Å². The minimum Gasteiger partial charge on any atom is -0.326 e. The molecule has 1 fully saturated rings. The Balaban J connectivity index is 2.26. The second-order valence-electron chi connectivity index (χ2n) is 5.39. The van der Waals surface area contributed by atoms with Gasteiger partial charge < -0.3 is 5.73 Å². The Kier molecular flexibility index (Phi) is 4.78. The number of halogens is 1. The summed E-state index contributed by atoms with van der Waals surface area (Å²) >= 11 is 0. The molecule has 1 aliphatic rings. The van der Waals surface area contributed by atoms with E-state index in [1.807, 2.05) is 0 Å². The second kappa shape index (κ2) is 6.20. The van der Waals surface area contributed by atoms with Crippen LogP contribution in [0.3, 0.4) is 0 Å². The van der Waals surface area contributed by atoms with Crippen molar-refractivity contribution in [3.63, 3.8) is 0 Å². The van der Waals surface area contributed by atoms with Gasteiger partial charge in [-0.3, -0.25) is 0 Å². The zero-order valence-corrected chi connectivity index (χ0v) is 12.5. The van der Waals surface area contributed by atoms with E-state index in [4.69, 9.17) is 5.73 Å². The monoisotopic (exact) mass is 300 g/mol. The van der Waals surface area contributed by atoms with E-state index in [1.54, 1.807) is 7.05 Å². The van der Waals surface area contributed by atoms with Gasteiger partial charge in [-0.05, 0) is 36.5 Å². The van der Waals surface area contributed by atoms with Gasteiger partial charge in [-0.1, -0.05) is 18.9 Å². The van der Waals surface area contributed by atoms with Crippen molar-refractivity contribution in [2.24, 2.45) is 11.7 Å². The molecule has 0 heterocycles. The van der Waals surface area contributed by atoms with Gasteiger partial charge in [0, 0.05) is 20.1 Å². The topological polar surface area (TPSA) is 63.4 Å². The van der Waals surface area contributed by atoms with E-state index in [1.165, 1.54) is 16.4 Å². The summed E-state index contributed by atoms with van der Waals surface area (Å²) in [5.74, 6) is -0.153. The van der Waals surface area contributed by atoms with Crippen molar-refractivity contribution in [3.05, 3.63) is 29.6 Å². The molecule has 2 N–H and O–H groups in total. The first-order chi connectivity index (χ1) is 9.45. The molecule has 0 spiro atoms. The van der Waals surface area contributed by atoms with Gasteiger partial charge in [0.05, 0.1) is 4.90 Å². The Morgan fingerprint density at radius 1 is 1.35 bits per heavy atom. The Labute approximate surface area is 119 Å². The third kappa shape index (κ3) is 3.19. The predicted molar refractivity (Wildman–Crippen MR) is 76.1 cm³/mol. The highest BCUT2D eigenvalue weighted by molar-refractivity contribution is 7.89. The van der Waals surface area contributed by atoms with E-state index in [-0.39, 0.29) is 11.4 Å². The highest BCUT2D eigenvalue weighted by atomic mass is 32.2. The molecule has 6 heteroatoms. The summed E-state index contributed by atoms with van der Waals surface area (Å²) in [6, 6.07) is 3.73. The van der Waals surface area contributed by atoms with Crippen LogP contribution in [0.4, 0.5) is 4.39 Å². The first-order valence-corrected chi connectivity index (χ1v) is 8.34. The molecule has 1 aliphatic carbocycles. The van der Waals surface area contributed by atoms with Crippen LogP contribution < -0.4 is 5.73 Å². The van der Waals surface area contributed by atoms with Crippen LogP contribution in [0.1, 0.15) is 31.2 Å². The number of nitrogens with two attached hydrogens (primary N) is 1. The fraction of sp³-hybridized carbons (Fsp3) is 0.571. The van der Waals surface area contributed by atoms with Crippen LogP contribution in [0.25, 0.3) is 0 Å². The van der Waals surface area contributed by atoms with Gasteiger partial charge in [-0.2, -0.15) is 0 Å². The number of hydrogen-bond acceptors (Lipinski definition) is 3. The number of benzene rings is 1. The van der Waals surface area contributed by atoms with Crippen molar-refractivity contribution < 1.29 is 12.8 Å². The van der Waals surface area contributed by atoms with Crippen LogP contribution in [0.15, 0.2) is 23.1 Å². The molecule has 1 aromatic rings. The van der Waals surface area contributed by atoms with Gasteiger partial charge in [0.1, 0.15) is 5.82 Å². The molecule has 0 atom stereocenters. The van der Waals surface area contributed by atoms with Gasteiger partial charge >= 0.3 is 0 Å². The normalized spacial score (nSPS) is 17.0. The lowest BCUT2D eigenvalue weighted by molar-refractivity contribution is 0.387. The Morgan fingerprint density at radius 3 is 2.60 bits per heavy atom. The fourth-order valence-corrected chi connectivity index (χ4v) is 4.25. The minimum atomic E-state index is -3.68. The maximum absolute atomic E-state index is 13.4. The summed E-state index contributed by atoms with van der Waals surface area (Å²) in [5.41, 5.74) is 6.00. The van der Waals surface area contributed by atoms with Gasteiger partial charge in [-0.15, -0.1) is 0 Å². The maximum atomic E-state index is 13.4. The molecule has 0 amide bonds. The van der Waals surface area contributed by atoms with Crippen LogP contribution >= 0.6 is 0 Å². The summed E-state index contributed by atoms with van der Waals surface area (Å²) in [4.78, 5) is -0.0134. The zero-order chi connectivity index (χ0) is 14.8. The summed E-state index contributed by atoms with van der Waals surface area (Å²) in [7, 11) is -2.12. The Morgan fingerprint density at radius 2 is 2.00 bits per heavy atom. The molecule has 112 valence electrons. The molecular weight excluding hydrogens is 279 g/mol. The molecule has 0 saturated heterocycles. The fourth-order valence-electron chi connectivity index (χ4n) is 2.76. The van der Waals surface area contributed by atoms with Gasteiger partial charge in [-0.25, -0.2) is 17.1 Å². The minimum absolute atomic E-state index is 0.0134. The van der Waals surface area contributed by atoms with Crippen molar-refractivity contribution in [3.8, 4) is 0 Å². The molecule has 0 unspecified atom stereocenters. The molecule has 1 aromatic carbocycles. The third-order valence-corrected chi connectivity index (χ3v) is 5.83. The zero-order valence-electron chi connectivity index (χ0n) is 11.7. The molecule has 0 aromatic heterocycles. The summed E-state index contributed by atoms with van der Waals surface area (Å²) in [6.45, 7) is 0.564. The van der Waals surface area contributed by atoms with E-state index >= 15 is 0 Å². The number of sulfonamides is 1. The van der Waals surface area contributed by atoms with Crippen molar-refractivity contribution in [1.82, 2.24) is 4.31 Å². The number of nitrogens with zero attached hydrogens (tertiary/aromatic N) is 1. The van der Waals surface area contributed by atoms with E-state index in [9.17, 15) is 12.8 Å². The SMILES string of the molecule is CN(CC1CCCC1)S(=O)(=O)c1cc(F)ccc1CN. The smallest absolute Gasteiger partial charge is 0.243 e. The average molecular weight is 300 g/mol. The summed E-state index contributed by atoms with van der Waals surface area (Å²) in [5, 5.41) is 0. The molecule has 2 rings (SSSR count). The first kappa shape index (κ1) is 15.4. The van der Waals surface area contributed by atoms with Gasteiger partial charge in [0.25, 0.3) is 0 Å². The molecule has 1 saturated carbocycles. The Bertz CT molecular complexity index is 569. The van der Waals surface area contributed by atoms with Crippen LogP contribution in [0.2, 0.25) is 0 Å². The molecule has 20 heavy (non-hydrogen) atoms. The Hall–Kier alpha value is -0.980. The highest BCUT2D eigenvalue weighted by Crippen LogP contribution is 2.28. The number of rotatable bonds is 5.